The first kappa shape index (κ1) is 13.3. The van der Waals surface area contributed by atoms with Crippen molar-refractivity contribution in [1.82, 2.24) is 0 Å². The molecule has 0 amide bonds. The van der Waals surface area contributed by atoms with Gasteiger partial charge in [-0.2, -0.15) is 0 Å². The van der Waals surface area contributed by atoms with Crippen molar-refractivity contribution in [1.29, 1.82) is 0 Å². The van der Waals surface area contributed by atoms with Gasteiger partial charge in [0.15, 0.2) is 0 Å². The van der Waals surface area contributed by atoms with Crippen molar-refractivity contribution in [2.45, 2.75) is 39.7 Å². The Morgan fingerprint density at radius 2 is 1.75 bits per heavy atom. The van der Waals surface area contributed by atoms with Gasteiger partial charge < -0.3 is 10.4 Å². The van der Waals surface area contributed by atoms with Gasteiger partial charge in [0, 0.05) is 22.5 Å². The molecule has 2 N–H and O–H groups in total. The number of phenols is 1. The maximum atomic E-state index is 9.96. The highest BCUT2D eigenvalue weighted by Crippen LogP contribution is 2.42. The Bertz CT molecular complexity index is 632. The molecule has 2 atom stereocenters. The summed E-state index contributed by atoms with van der Waals surface area (Å²) in [6.07, 6.45) is 2.46. The van der Waals surface area contributed by atoms with Gasteiger partial charge in [0.1, 0.15) is 5.75 Å². The molecule has 0 spiro atoms. The molecule has 0 bridgehead atoms. The summed E-state index contributed by atoms with van der Waals surface area (Å²) in [6, 6.07) is 12.3. The molecule has 0 aliphatic heterocycles. The van der Waals surface area contributed by atoms with E-state index in [-0.39, 0.29) is 0 Å². The zero-order valence-electron chi connectivity index (χ0n) is 12.5. The first-order valence-corrected chi connectivity index (χ1v) is 7.43. The Labute approximate surface area is 120 Å². The van der Waals surface area contributed by atoms with Gasteiger partial charge in [-0.05, 0) is 36.3 Å². The Balaban J connectivity index is 1.94. The van der Waals surface area contributed by atoms with Crippen LogP contribution in [0.15, 0.2) is 36.4 Å². The normalized spacial score (nSPS) is 24.9. The molecule has 2 aromatic carbocycles. The maximum absolute atomic E-state index is 9.96. The molecule has 1 saturated carbocycles. The molecule has 2 nitrogen and oxygen atoms in total. The molecule has 1 aliphatic carbocycles. The second-order valence-electron chi connectivity index (χ2n) is 6.98. The molecule has 20 heavy (non-hydrogen) atoms. The molecule has 0 radical (unpaired) electrons. The summed E-state index contributed by atoms with van der Waals surface area (Å²) in [5.41, 5.74) is 1.55. The van der Waals surface area contributed by atoms with E-state index >= 15 is 0 Å². The topological polar surface area (TPSA) is 32.3 Å². The molecule has 0 heterocycles. The lowest BCUT2D eigenvalue weighted by Crippen LogP contribution is -2.22. The van der Waals surface area contributed by atoms with Crippen LogP contribution >= 0.6 is 0 Å². The molecule has 0 saturated heterocycles. The lowest BCUT2D eigenvalue weighted by atomic mass is 9.91. The molecule has 1 aliphatic rings. The second kappa shape index (κ2) is 4.69. The van der Waals surface area contributed by atoms with E-state index in [1.165, 1.54) is 12.8 Å². The summed E-state index contributed by atoms with van der Waals surface area (Å²) in [5, 5.41) is 15.7. The minimum Gasteiger partial charge on any atom is -0.507 e. The SMILES string of the molecule is CC1CC(C)(C)CC1Nc1cccc2c(O)cccc12. The number of rotatable bonds is 2. The second-order valence-corrected chi connectivity index (χ2v) is 6.98. The Kier molecular flexibility index (Phi) is 3.12. The third-order valence-electron chi connectivity index (χ3n) is 4.57. The van der Waals surface area contributed by atoms with Gasteiger partial charge in [-0.15, -0.1) is 0 Å². The van der Waals surface area contributed by atoms with Gasteiger partial charge >= 0.3 is 0 Å². The molecular formula is C18H23NO. The van der Waals surface area contributed by atoms with Gasteiger partial charge in [0.2, 0.25) is 0 Å². The zero-order valence-corrected chi connectivity index (χ0v) is 12.5. The predicted octanol–water partition coefficient (Wildman–Crippen LogP) is 4.78. The maximum Gasteiger partial charge on any atom is 0.123 e. The Morgan fingerprint density at radius 1 is 1.05 bits per heavy atom. The summed E-state index contributed by atoms with van der Waals surface area (Å²) < 4.78 is 0. The van der Waals surface area contributed by atoms with E-state index in [0.717, 1.165) is 16.5 Å². The van der Waals surface area contributed by atoms with Crippen LogP contribution in [0.2, 0.25) is 0 Å². The number of fused-ring (bicyclic) bond motifs is 1. The average molecular weight is 269 g/mol. The van der Waals surface area contributed by atoms with Crippen LogP contribution in [0.5, 0.6) is 5.75 Å². The van der Waals surface area contributed by atoms with Crippen molar-refractivity contribution >= 4 is 16.5 Å². The molecule has 1 fully saturated rings. The molecule has 0 aromatic heterocycles. The zero-order chi connectivity index (χ0) is 14.3. The largest absolute Gasteiger partial charge is 0.507 e. The van der Waals surface area contributed by atoms with Crippen molar-refractivity contribution in [3.63, 3.8) is 0 Å². The smallest absolute Gasteiger partial charge is 0.123 e. The highest BCUT2D eigenvalue weighted by atomic mass is 16.3. The number of aromatic hydroxyl groups is 1. The minimum absolute atomic E-state index is 0.353. The monoisotopic (exact) mass is 269 g/mol. The van der Waals surface area contributed by atoms with E-state index in [0.29, 0.717) is 23.1 Å². The molecule has 106 valence electrons. The third kappa shape index (κ3) is 2.35. The number of benzene rings is 2. The molecule has 2 unspecified atom stereocenters. The standard InChI is InChI=1S/C18H23NO/c1-12-10-18(2,3)11-16(12)19-15-8-4-7-14-13(15)6-5-9-17(14)20/h4-9,12,16,19-20H,10-11H2,1-3H3. The van der Waals surface area contributed by atoms with Crippen molar-refractivity contribution in [2.75, 3.05) is 5.32 Å². The van der Waals surface area contributed by atoms with E-state index in [9.17, 15) is 5.11 Å². The van der Waals surface area contributed by atoms with E-state index in [1.807, 2.05) is 18.2 Å². The van der Waals surface area contributed by atoms with Crippen LogP contribution in [0.4, 0.5) is 5.69 Å². The highest BCUT2D eigenvalue weighted by molar-refractivity contribution is 5.97. The van der Waals surface area contributed by atoms with Crippen molar-refractivity contribution < 1.29 is 5.11 Å². The first-order chi connectivity index (χ1) is 9.46. The van der Waals surface area contributed by atoms with Crippen molar-refractivity contribution in [3.8, 4) is 5.75 Å². The van der Waals surface area contributed by atoms with E-state index in [1.54, 1.807) is 6.07 Å². The van der Waals surface area contributed by atoms with Gasteiger partial charge in [-0.1, -0.05) is 45.0 Å². The minimum atomic E-state index is 0.353. The Morgan fingerprint density at radius 3 is 2.45 bits per heavy atom. The quantitative estimate of drug-likeness (QED) is 0.822. The van der Waals surface area contributed by atoms with Crippen LogP contribution in [0.25, 0.3) is 10.8 Å². The summed E-state index contributed by atoms with van der Waals surface area (Å²) in [6.45, 7) is 7.02. The van der Waals surface area contributed by atoms with Gasteiger partial charge in [-0.25, -0.2) is 0 Å². The molecule has 2 heteroatoms. The highest BCUT2D eigenvalue weighted by Gasteiger charge is 2.36. The van der Waals surface area contributed by atoms with E-state index < -0.39 is 0 Å². The summed E-state index contributed by atoms with van der Waals surface area (Å²) in [5.74, 6) is 1.03. The number of hydrogen-bond donors (Lipinski definition) is 2. The van der Waals surface area contributed by atoms with E-state index in [4.69, 9.17) is 0 Å². The van der Waals surface area contributed by atoms with Crippen LogP contribution < -0.4 is 5.32 Å². The lowest BCUT2D eigenvalue weighted by Gasteiger charge is -2.21. The third-order valence-corrected chi connectivity index (χ3v) is 4.57. The van der Waals surface area contributed by atoms with Crippen LogP contribution in [-0.2, 0) is 0 Å². The van der Waals surface area contributed by atoms with Gasteiger partial charge in [-0.3, -0.25) is 0 Å². The molecule has 3 rings (SSSR count). The average Bonchev–Trinajstić information content (AvgIpc) is 2.63. The summed E-state index contributed by atoms with van der Waals surface area (Å²) >= 11 is 0. The van der Waals surface area contributed by atoms with Crippen LogP contribution in [0, 0.1) is 11.3 Å². The van der Waals surface area contributed by atoms with Crippen molar-refractivity contribution in [2.24, 2.45) is 11.3 Å². The van der Waals surface area contributed by atoms with Crippen LogP contribution in [-0.4, -0.2) is 11.1 Å². The Hall–Kier alpha value is -1.70. The number of anilines is 1. The van der Waals surface area contributed by atoms with Crippen molar-refractivity contribution in [3.05, 3.63) is 36.4 Å². The number of hydrogen-bond acceptors (Lipinski definition) is 2. The fourth-order valence-corrected chi connectivity index (χ4v) is 3.71. The van der Waals surface area contributed by atoms with Gasteiger partial charge in [0.05, 0.1) is 0 Å². The fourth-order valence-electron chi connectivity index (χ4n) is 3.71. The summed E-state index contributed by atoms with van der Waals surface area (Å²) in [4.78, 5) is 0. The first-order valence-electron chi connectivity index (χ1n) is 7.43. The molecular weight excluding hydrogens is 246 g/mol. The molecule has 2 aromatic rings. The fraction of sp³-hybridized carbons (Fsp3) is 0.444. The van der Waals surface area contributed by atoms with Crippen LogP contribution in [0.1, 0.15) is 33.6 Å². The van der Waals surface area contributed by atoms with Crippen LogP contribution in [0.3, 0.4) is 0 Å². The number of nitrogens with one attached hydrogen (secondary N) is 1. The summed E-state index contributed by atoms with van der Waals surface area (Å²) in [7, 11) is 0. The number of phenolic OH excluding ortho intramolecular Hbond substituents is 1. The predicted molar refractivity (Wildman–Crippen MR) is 85.2 cm³/mol. The van der Waals surface area contributed by atoms with E-state index in [2.05, 4.69) is 38.2 Å². The lowest BCUT2D eigenvalue weighted by molar-refractivity contribution is 0.366. The van der Waals surface area contributed by atoms with Gasteiger partial charge in [0.25, 0.3) is 0 Å².